The van der Waals surface area contributed by atoms with E-state index < -0.39 is 0 Å². The molecule has 37 heavy (non-hydrogen) atoms. The van der Waals surface area contributed by atoms with Gasteiger partial charge in [-0.1, -0.05) is 105 Å². The molecule has 0 atom stereocenters. The van der Waals surface area contributed by atoms with Crippen molar-refractivity contribution in [3.63, 3.8) is 0 Å². The van der Waals surface area contributed by atoms with Crippen molar-refractivity contribution in [1.29, 1.82) is 0 Å². The smallest absolute Gasteiger partial charge is 1.00 e. The first kappa shape index (κ1) is 30.8. The van der Waals surface area contributed by atoms with Crippen LogP contribution < -0.4 is 24.8 Å². The normalized spacial score (nSPS) is 10.2. The summed E-state index contributed by atoms with van der Waals surface area (Å²) in [5.41, 5.74) is 8.00. The Hall–Kier alpha value is -2.45. The van der Waals surface area contributed by atoms with E-state index in [2.05, 4.69) is 142 Å². The van der Waals surface area contributed by atoms with Gasteiger partial charge in [0.05, 0.1) is 0 Å². The van der Waals surface area contributed by atoms with Crippen molar-refractivity contribution >= 4 is 21.5 Å². The second-order valence-electron chi connectivity index (χ2n) is 9.33. The number of halogens is 2. The quantitative estimate of drug-likeness (QED) is 0.196. The number of fused-ring (bicyclic) bond motifs is 2. The van der Waals surface area contributed by atoms with E-state index in [1.165, 1.54) is 54.9 Å². The van der Waals surface area contributed by atoms with E-state index in [1.807, 2.05) is 0 Å². The van der Waals surface area contributed by atoms with Crippen LogP contribution in [0.5, 0.6) is 0 Å². The van der Waals surface area contributed by atoms with Gasteiger partial charge >= 0.3 is 25.8 Å². The van der Waals surface area contributed by atoms with Crippen LogP contribution in [0.25, 0.3) is 43.8 Å². The van der Waals surface area contributed by atoms with Crippen molar-refractivity contribution in [2.75, 3.05) is 0 Å². The molecule has 0 aliphatic rings. The Labute approximate surface area is 252 Å². The third kappa shape index (κ3) is 6.90. The molecule has 6 aromatic carbocycles. The maximum atomic E-state index is 2.34. The topological polar surface area (TPSA) is 0 Å². The second-order valence-corrected chi connectivity index (χ2v) is 9.33. The van der Waals surface area contributed by atoms with Gasteiger partial charge in [0.1, 0.15) is 0 Å². The summed E-state index contributed by atoms with van der Waals surface area (Å²) in [5.74, 6) is 0.584. The molecule has 0 aliphatic heterocycles. The van der Waals surface area contributed by atoms with Crippen LogP contribution in [0, 0.1) is 6.92 Å². The van der Waals surface area contributed by atoms with Crippen LogP contribution in [0.15, 0.2) is 121 Å². The SMILES string of the molecule is CC(C)c1cc2c(-c3ccccc3)cccc2[cH-]1.Cc1cc2c(-c3ccccc3)cccc2[cH-]1.[Cl-].[Cl-].[Hf+4]. The monoisotopic (exact) mass is 688 g/mol. The van der Waals surface area contributed by atoms with Crippen molar-refractivity contribution in [1.82, 2.24) is 0 Å². The summed E-state index contributed by atoms with van der Waals surface area (Å²) >= 11 is 0. The molecule has 184 valence electrons. The molecule has 6 rings (SSSR count). The summed E-state index contributed by atoms with van der Waals surface area (Å²) in [6.45, 7) is 6.64. The maximum absolute atomic E-state index is 2.34. The average Bonchev–Trinajstić information content (AvgIpc) is 3.48. The summed E-state index contributed by atoms with van der Waals surface area (Å²) in [5, 5.41) is 5.40. The Morgan fingerprint density at radius 2 is 1.00 bits per heavy atom. The molecule has 0 radical (unpaired) electrons. The molecular weight excluding hydrogens is 658 g/mol. The number of aryl methyl sites for hydroxylation is 1. The fourth-order valence-corrected chi connectivity index (χ4v) is 4.71. The van der Waals surface area contributed by atoms with Crippen LogP contribution in [0.4, 0.5) is 0 Å². The number of hydrogen-bond acceptors (Lipinski definition) is 0. The Bertz CT molecular complexity index is 1530. The van der Waals surface area contributed by atoms with E-state index in [4.69, 9.17) is 0 Å². The molecule has 0 N–H and O–H groups in total. The number of hydrogen-bond donors (Lipinski definition) is 0. The van der Waals surface area contributed by atoms with Crippen LogP contribution >= 0.6 is 0 Å². The average molecular weight is 688 g/mol. The van der Waals surface area contributed by atoms with Gasteiger partial charge in [0.15, 0.2) is 0 Å². The molecule has 0 bridgehead atoms. The van der Waals surface area contributed by atoms with Crippen molar-refractivity contribution in [2.45, 2.75) is 26.7 Å². The van der Waals surface area contributed by atoms with Gasteiger partial charge in [-0.15, -0.1) is 69.1 Å². The minimum atomic E-state index is 0. The summed E-state index contributed by atoms with van der Waals surface area (Å²) in [6, 6.07) is 43.4. The zero-order chi connectivity index (χ0) is 23.5. The second kappa shape index (κ2) is 13.9. The van der Waals surface area contributed by atoms with Crippen molar-refractivity contribution in [3.05, 3.63) is 132 Å². The van der Waals surface area contributed by atoms with E-state index in [0.717, 1.165) is 0 Å². The molecule has 3 heteroatoms. The first-order valence-corrected chi connectivity index (χ1v) is 12.1. The number of benzene rings is 4. The Morgan fingerprint density at radius 3 is 1.49 bits per heavy atom. The molecule has 0 fully saturated rings. The predicted octanol–water partition coefficient (Wildman–Crippen LogP) is 3.89. The summed E-state index contributed by atoms with van der Waals surface area (Å²) in [6.07, 6.45) is 0. The van der Waals surface area contributed by atoms with Crippen LogP contribution in [0.3, 0.4) is 0 Å². The van der Waals surface area contributed by atoms with Crippen LogP contribution in [0.1, 0.15) is 30.9 Å². The molecule has 0 spiro atoms. The Balaban J connectivity index is 0.000000242. The molecule has 0 nitrogen and oxygen atoms in total. The van der Waals surface area contributed by atoms with Crippen molar-refractivity contribution < 1.29 is 50.7 Å². The Morgan fingerprint density at radius 1 is 0.541 bits per heavy atom. The van der Waals surface area contributed by atoms with Gasteiger partial charge in [-0.2, -0.15) is 12.1 Å². The maximum Gasteiger partial charge on any atom is 4.00 e. The van der Waals surface area contributed by atoms with Gasteiger partial charge in [0, 0.05) is 0 Å². The zero-order valence-corrected chi connectivity index (χ0v) is 26.5. The molecule has 0 unspecified atom stereocenters. The first-order chi connectivity index (χ1) is 16.6. The number of rotatable bonds is 3. The molecule has 0 aromatic heterocycles. The van der Waals surface area contributed by atoms with Gasteiger partial charge in [-0.05, 0) is 17.0 Å². The largest absolute Gasteiger partial charge is 4.00 e. The standard InChI is InChI=1S/C18H17.C16H13.2ClH.Hf/c1-13(2)16-11-15-9-6-10-17(18(15)12-16)14-7-4-3-5-8-14;1-12-10-14-8-5-9-15(16(14)11-12)13-6-3-2-4-7-13;;;/h3-13H,1-2H3;2-11H,1H3;2*1H;/q2*-1;;;+4/p-2. The minimum absolute atomic E-state index is 0. The van der Waals surface area contributed by atoms with E-state index in [9.17, 15) is 0 Å². The van der Waals surface area contributed by atoms with Gasteiger partial charge in [-0.3, -0.25) is 0 Å². The fraction of sp³-hybridized carbons (Fsp3) is 0.118. The van der Waals surface area contributed by atoms with Crippen LogP contribution in [-0.4, -0.2) is 0 Å². The third-order valence-electron chi connectivity index (χ3n) is 6.50. The summed E-state index contributed by atoms with van der Waals surface area (Å²) < 4.78 is 0. The molecule has 0 aliphatic carbocycles. The van der Waals surface area contributed by atoms with Gasteiger partial charge in [-0.25, -0.2) is 0 Å². The van der Waals surface area contributed by atoms with Crippen LogP contribution in [-0.2, 0) is 25.8 Å². The third-order valence-corrected chi connectivity index (χ3v) is 6.50. The molecule has 6 aromatic rings. The van der Waals surface area contributed by atoms with Gasteiger partial charge in [0.25, 0.3) is 0 Å². The predicted molar refractivity (Wildman–Crippen MR) is 149 cm³/mol. The molecule has 0 saturated heterocycles. The van der Waals surface area contributed by atoms with E-state index in [0.29, 0.717) is 5.92 Å². The molecule has 0 heterocycles. The van der Waals surface area contributed by atoms with E-state index in [1.54, 1.807) is 0 Å². The molecule has 0 amide bonds. The zero-order valence-electron chi connectivity index (χ0n) is 21.4. The molecular formula is C34H30Cl2Hf. The minimum Gasteiger partial charge on any atom is -1.00 e. The van der Waals surface area contributed by atoms with E-state index >= 15 is 0 Å². The van der Waals surface area contributed by atoms with Crippen molar-refractivity contribution in [2.24, 2.45) is 0 Å². The fourth-order valence-electron chi connectivity index (χ4n) is 4.71. The van der Waals surface area contributed by atoms with Gasteiger partial charge in [0.2, 0.25) is 0 Å². The Kier molecular flexibility index (Phi) is 11.6. The first-order valence-electron chi connectivity index (χ1n) is 12.1. The van der Waals surface area contributed by atoms with E-state index in [-0.39, 0.29) is 50.7 Å². The summed E-state index contributed by atoms with van der Waals surface area (Å²) in [7, 11) is 0. The van der Waals surface area contributed by atoms with Crippen molar-refractivity contribution in [3.8, 4) is 22.3 Å². The molecule has 0 saturated carbocycles. The summed E-state index contributed by atoms with van der Waals surface area (Å²) in [4.78, 5) is 0. The van der Waals surface area contributed by atoms with Gasteiger partial charge < -0.3 is 24.8 Å². The van der Waals surface area contributed by atoms with Crippen LogP contribution in [0.2, 0.25) is 0 Å².